The molecule has 0 aliphatic heterocycles. The SMILES string of the molecule is CC(C)(C)/C=C1\C(=O)C2(C)CCC1C2(C)C. The van der Waals surface area contributed by atoms with Gasteiger partial charge in [0.25, 0.3) is 0 Å². The lowest BCUT2D eigenvalue weighted by Gasteiger charge is -2.31. The highest BCUT2D eigenvalue weighted by atomic mass is 16.1. The molecule has 0 aromatic rings. The topological polar surface area (TPSA) is 17.1 Å². The van der Waals surface area contributed by atoms with Crippen LogP contribution in [0, 0.1) is 22.2 Å². The Morgan fingerprint density at radius 2 is 1.81 bits per heavy atom. The molecule has 2 aliphatic rings. The number of Topliss-reactive ketones (excluding diaryl/α,β-unsaturated/α-hetero) is 1. The molecule has 0 radical (unpaired) electrons. The Kier molecular flexibility index (Phi) is 2.22. The average molecular weight is 220 g/mol. The van der Waals surface area contributed by atoms with E-state index in [1.165, 1.54) is 6.42 Å². The monoisotopic (exact) mass is 220 g/mol. The summed E-state index contributed by atoms with van der Waals surface area (Å²) in [7, 11) is 0. The fourth-order valence-electron chi connectivity index (χ4n) is 3.56. The van der Waals surface area contributed by atoms with Gasteiger partial charge in [0.2, 0.25) is 0 Å². The second kappa shape index (κ2) is 3.00. The van der Waals surface area contributed by atoms with E-state index >= 15 is 0 Å². The van der Waals surface area contributed by atoms with Gasteiger partial charge in [0, 0.05) is 5.41 Å². The van der Waals surface area contributed by atoms with Gasteiger partial charge < -0.3 is 0 Å². The number of hydrogen-bond donors (Lipinski definition) is 0. The summed E-state index contributed by atoms with van der Waals surface area (Å²) in [6, 6.07) is 0. The van der Waals surface area contributed by atoms with Crippen molar-refractivity contribution in [1.82, 2.24) is 0 Å². The van der Waals surface area contributed by atoms with Gasteiger partial charge in [0.15, 0.2) is 5.78 Å². The molecular weight excluding hydrogens is 196 g/mol. The highest BCUT2D eigenvalue weighted by Crippen LogP contribution is 2.65. The predicted molar refractivity (Wildman–Crippen MR) is 67.2 cm³/mol. The van der Waals surface area contributed by atoms with Gasteiger partial charge in [-0.3, -0.25) is 4.79 Å². The van der Waals surface area contributed by atoms with Crippen molar-refractivity contribution in [2.45, 2.75) is 54.4 Å². The molecule has 0 saturated heterocycles. The molecule has 2 rings (SSSR count). The number of carbonyl (C=O) groups excluding carboxylic acids is 1. The summed E-state index contributed by atoms with van der Waals surface area (Å²) in [5.41, 5.74) is 1.28. The molecule has 0 N–H and O–H groups in total. The summed E-state index contributed by atoms with van der Waals surface area (Å²) < 4.78 is 0. The van der Waals surface area contributed by atoms with Gasteiger partial charge in [-0.05, 0) is 35.2 Å². The van der Waals surface area contributed by atoms with Crippen LogP contribution in [0.4, 0.5) is 0 Å². The lowest BCUT2D eigenvalue weighted by Crippen LogP contribution is -2.32. The van der Waals surface area contributed by atoms with Crippen LogP contribution in [0.3, 0.4) is 0 Å². The first-order chi connectivity index (χ1) is 7.09. The Hall–Kier alpha value is -0.590. The summed E-state index contributed by atoms with van der Waals surface area (Å²) in [5, 5.41) is 0. The van der Waals surface area contributed by atoms with E-state index in [1.807, 2.05) is 0 Å². The van der Waals surface area contributed by atoms with Crippen molar-refractivity contribution >= 4 is 5.78 Å². The molecule has 2 unspecified atom stereocenters. The Morgan fingerprint density at radius 1 is 1.25 bits per heavy atom. The molecule has 0 aromatic heterocycles. The second-order valence-corrected chi connectivity index (χ2v) is 7.44. The van der Waals surface area contributed by atoms with E-state index in [4.69, 9.17) is 0 Å². The quantitative estimate of drug-likeness (QED) is 0.564. The molecular formula is C15H24O. The van der Waals surface area contributed by atoms with Gasteiger partial charge in [-0.2, -0.15) is 0 Å². The first kappa shape index (κ1) is 11.9. The standard InChI is InChI=1S/C15H24O/c1-13(2,3)9-10-11-7-8-15(6,12(10)16)14(11,4)5/h9,11H,7-8H2,1-6H3/b10-9-. The minimum absolute atomic E-state index is 0.102. The van der Waals surface area contributed by atoms with Crippen LogP contribution >= 0.6 is 0 Å². The van der Waals surface area contributed by atoms with Gasteiger partial charge in [-0.1, -0.05) is 47.6 Å². The fraction of sp³-hybridized carbons (Fsp3) is 0.800. The number of allylic oxidation sites excluding steroid dienone is 2. The first-order valence-corrected chi connectivity index (χ1v) is 6.37. The normalized spacial score (nSPS) is 39.8. The Bertz CT molecular complexity index is 367. The maximum atomic E-state index is 12.5. The van der Waals surface area contributed by atoms with E-state index in [2.05, 4.69) is 47.6 Å². The van der Waals surface area contributed by atoms with Gasteiger partial charge in [-0.15, -0.1) is 0 Å². The van der Waals surface area contributed by atoms with Crippen LogP contribution in [-0.2, 0) is 4.79 Å². The molecule has 1 nitrogen and oxygen atoms in total. The van der Waals surface area contributed by atoms with Crippen LogP contribution < -0.4 is 0 Å². The van der Waals surface area contributed by atoms with Gasteiger partial charge in [-0.25, -0.2) is 0 Å². The van der Waals surface area contributed by atoms with Crippen LogP contribution in [0.1, 0.15) is 54.4 Å². The molecule has 0 heterocycles. The lowest BCUT2D eigenvalue weighted by molar-refractivity contribution is -0.125. The number of fused-ring (bicyclic) bond motifs is 2. The van der Waals surface area contributed by atoms with Crippen LogP contribution in [0.5, 0.6) is 0 Å². The first-order valence-electron chi connectivity index (χ1n) is 6.37. The zero-order chi connectivity index (χ0) is 12.4. The van der Waals surface area contributed by atoms with Crippen molar-refractivity contribution in [3.63, 3.8) is 0 Å². The van der Waals surface area contributed by atoms with Crippen molar-refractivity contribution in [2.75, 3.05) is 0 Å². The summed E-state index contributed by atoms with van der Waals surface area (Å²) in [5.74, 6) is 0.910. The van der Waals surface area contributed by atoms with Crippen molar-refractivity contribution in [1.29, 1.82) is 0 Å². The molecule has 2 bridgehead atoms. The summed E-state index contributed by atoms with van der Waals surface area (Å²) >= 11 is 0. The molecule has 0 aromatic carbocycles. The molecule has 2 fully saturated rings. The van der Waals surface area contributed by atoms with E-state index in [0.29, 0.717) is 11.7 Å². The van der Waals surface area contributed by atoms with Crippen LogP contribution in [0.25, 0.3) is 0 Å². The number of carbonyl (C=O) groups is 1. The minimum Gasteiger partial charge on any atom is -0.294 e. The average Bonchev–Trinajstić information content (AvgIpc) is 2.38. The molecule has 2 aliphatic carbocycles. The van der Waals surface area contributed by atoms with E-state index in [-0.39, 0.29) is 16.2 Å². The van der Waals surface area contributed by atoms with Crippen LogP contribution in [0.2, 0.25) is 0 Å². The van der Waals surface area contributed by atoms with E-state index in [0.717, 1.165) is 12.0 Å². The minimum atomic E-state index is -0.102. The Labute approximate surface area is 99.3 Å². The molecule has 2 saturated carbocycles. The van der Waals surface area contributed by atoms with E-state index in [9.17, 15) is 4.79 Å². The number of rotatable bonds is 0. The van der Waals surface area contributed by atoms with Crippen LogP contribution in [-0.4, -0.2) is 5.78 Å². The summed E-state index contributed by atoms with van der Waals surface area (Å²) in [6.45, 7) is 13.2. The van der Waals surface area contributed by atoms with Gasteiger partial charge in [0.1, 0.15) is 0 Å². The zero-order valence-electron chi connectivity index (χ0n) is 11.5. The molecule has 0 spiro atoms. The van der Waals surface area contributed by atoms with Gasteiger partial charge >= 0.3 is 0 Å². The maximum Gasteiger partial charge on any atom is 0.165 e. The fourth-order valence-corrected chi connectivity index (χ4v) is 3.56. The molecule has 90 valence electrons. The Morgan fingerprint density at radius 3 is 2.19 bits per heavy atom. The third-order valence-corrected chi connectivity index (χ3v) is 4.95. The third kappa shape index (κ3) is 1.33. The van der Waals surface area contributed by atoms with Crippen molar-refractivity contribution in [3.05, 3.63) is 11.6 Å². The largest absolute Gasteiger partial charge is 0.294 e. The molecule has 0 amide bonds. The lowest BCUT2D eigenvalue weighted by atomic mass is 9.70. The van der Waals surface area contributed by atoms with E-state index in [1.54, 1.807) is 0 Å². The predicted octanol–water partition coefficient (Wildman–Crippen LogP) is 3.98. The van der Waals surface area contributed by atoms with Crippen LogP contribution in [0.15, 0.2) is 11.6 Å². The van der Waals surface area contributed by atoms with Crippen molar-refractivity contribution in [2.24, 2.45) is 22.2 Å². The molecule has 2 atom stereocenters. The molecule has 1 heteroatoms. The second-order valence-electron chi connectivity index (χ2n) is 7.44. The van der Waals surface area contributed by atoms with Crippen molar-refractivity contribution in [3.8, 4) is 0 Å². The maximum absolute atomic E-state index is 12.5. The summed E-state index contributed by atoms with van der Waals surface area (Å²) in [6.07, 6.45) is 4.48. The summed E-state index contributed by atoms with van der Waals surface area (Å²) in [4.78, 5) is 12.5. The smallest absolute Gasteiger partial charge is 0.165 e. The highest BCUT2D eigenvalue weighted by molar-refractivity contribution is 6.04. The number of ketones is 1. The van der Waals surface area contributed by atoms with Gasteiger partial charge in [0.05, 0.1) is 0 Å². The van der Waals surface area contributed by atoms with E-state index < -0.39 is 0 Å². The molecule has 16 heavy (non-hydrogen) atoms. The Balaban J connectivity index is 2.49. The zero-order valence-corrected chi connectivity index (χ0v) is 11.5. The number of hydrogen-bond acceptors (Lipinski definition) is 1. The highest BCUT2D eigenvalue weighted by Gasteiger charge is 2.63. The van der Waals surface area contributed by atoms with Crippen molar-refractivity contribution < 1.29 is 4.79 Å². The third-order valence-electron chi connectivity index (χ3n) is 4.95.